The van der Waals surface area contributed by atoms with Crippen LogP contribution in [0.3, 0.4) is 0 Å². The van der Waals surface area contributed by atoms with E-state index in [0.29, 0.717) is 26.1 Å². The molecule has 39 heavy (non-hydrogen) atoms. The maximum absolute atomic E-state index is 12.2. The summed E-state index contributed by atoms with van der Waals surface area (Å²) in [5, 5.41) is 25.2. The second-order valence-electron chi connectivity index (χ2n) is 10.3. The summed E-state index contributed by atoms with van der Waals surface area (Å²) in [6, 6.07) is 25.4. The molecule has 0 aromatic heterocycles. The highest BCUT2D eigenvalue weighted by molar-refractivity contribution is 5.73. The van der Waals surface area contributed by atoms with E-state index in [1.54, 1.807) is 0 Å². The molecule has 0 bridgehead atoms. The number of nitrogens with one attached hydrogen (secondary N) is 2. The first-order valence-electron chi connectivity index (χ1n) is 13.6. The molecule has 206 valence electrons. The third-order valence-corrected chi connectivity index (χ3v) is 7.33. The summed E-state index contributed by atoms with van der Waals surface area (Å²) in [5.74, 6) is 0. The van der Waals surface area contributed by atoms with E-state index in [1.807, 2.05) is 78.9 Å². The van der Waals surface area contributed by atoms with Crippen LogP contribution >= 0.6 is 0 Å². The number of ether oxygens (including phenoxy) is 2. The van der Waals surface area contributed by atoms with Gasteiger partial charge < -0.3 is 30.3 Å². The van der Waals surface area contributed by atoms with Crippen molar-refractivity contribution < 1.29 is 24.5 Å². The molecule has 0 unspecified atom stereocenters. The van der Waals surface area contributed by atoms with Crippen molar-refractivity contribution in [1.29, 1.82) is 0 Å². The quantitative estimate of drug-likeness (QED) is 0.335. The van der Waals surface area contributed by atoms with Crippen LogP contribution < -0.4 is 10.6 Å². The van der Waals surface area contributed by atoms with Gasteiger partial charge in [-0.15, -0.1) is 0 Å². The third kappa shape index (κ3) is 7.65. The Morgan fingerprint density at radius 3 is 2.13 bits per heavy atom. The Morgan fingerprint density at radius 2 is 1.49 bits per heavy atom. The van der Waals surface area contributed by atoms with Gasteiger partial charge in [0.25, 0.3) is 0 Å². The van der Waals surface area contributed by atoms with Crippen molar-refractivity contribution in [2.45, 2.75) is 57.1 Å². The van der Waals surface area contributed by atoms with Crippen LogP contribution in [0.15, 0.2) is 78.9 Å². The molecule has 2 saturated heterocycles. The standard InChI is InChI=1S/C31H37N3O5/c35-21-24-8-10-25(11-9-24)29-16-28(20-34-15-14-27(36)19-34)38-30(39-29)26-12-6-23(7-13-26)18-33-31(37)32-17-22-4-2-1-3-5-22/h1-13,27-30,35-36H,14-21H2,(H2,32,33,37)/t27-,28-,29+,30+/m0/s1. The van der Waals surface area contributed by atoms with Gasteiger partial charge in [0.2, 0.25) is 0 Å². The van der Waals surface area contributed by atoms with Gasteiger partial charge in [-0.1, -0.05) is 78.9 Å². The van der Waals surface area contributed by atoms with Crippen molar-refractivity contribution in [3.05, 3.63) is 107 Å². The lowest BCUT2D eigenvalue weighted by molar-refractivity contribution is -0.252. The maximum Gasteiger partial charge on any atom is 0.315 e. The van der Waals surface area contributed by atoms with Crippen LogP contribution in [-0.4, -0.2) is 53.0 Å². The number of rotatable bonds is 9. The van der Waals surface area contributed by atoms with Gasteiger partial charge in [0, 0.05) is 44.7 Å². The van der Waals surface area contributed by atoms with Gasteiger partial charge >= 0.3 is 6.03 Å². The molecule has 3 aromatic carbocycles. The van der Waals surface area contributed by atoms with Crippen molar-refractivity contribution in [3.63, 3.8) is 0 Å². The molecular weight excluding hydrogens is 494 g/mol. The Balaban J connectivity index is 1.20. The Kier molecular flexibility index (Phi) is 9.23. The van der Waals surface area contributed by atoms with Gasteiger partial charge in [-0.2, -0.15) is 0 Å². The molecule has 0 aliphatic carbocycles. The fourth-order valence-electron chi connectivity index (χ4n) is 5.11. The minimum absolute atomic E-state index is 0.00728. The number of urea groups is 1. The first-order valence-corrected chi connectivity index (χ1v) is 13.6. The second-order valence-corrected chi connectivity index (χ2v) is 10.3. The fourth-order valence-corrected chi connectivity index (χ4v) is 5.11. The molecule has 0 radical (unpaired) electrons. The van der Waals surface area contributed by atoms with Crippen LogP contribution in [0.1, 0.15) is 53.1 Å². The first-order chi connectivity index (χ1) is 19.1. The lowest BCUT2D eigenvalue weighted by Crippen LogP contribution is -2.38. The number of carbonyl (C=O) groups is 1. The van der Waals surface area contributed by atoms with Gasteiger partial charge in [0.1, 0.15) is 0 Å². The smallest absolute Gasteiger partial charge is 0.315 e. The van der Waals surface area contributed by atoms with Crippen LogP contribution in [0.2, 0.25) is 0 Å². The largest absolute Gasteiger partial charge is 0.392 e. The fraction of sp³-hybridized carbons (Fsp3) is 0.387. The van der Waals surface area contributed by atoms with E-state index >= 15 is 0 Å². The molecule has 0 spiro atoms. The molecule has 4 atom stereocenters. The lowest BCUT2D eigenvalue weighted by atomic mass is 9.99. The summed E-state index contributed by atoms with van der Waals surface area (Å²) >= 11 is 0. The lowest BCUT2D eigenvalue weighted by Gasteiger charge is -2.37. The number of carbonyl (C=O) groups excluding carboxylic acids is 1. The molecule has 8 heteroatoms. The highest BCUT2D eigenvalue weighted by Crippen LogP contribution is 2.38. The summed E-state index contributed by atoms with van der Waals surface area (Å²) in [5.41, 5.74) is 4.85. The van der Waals surface area contributed by atoms with Gasteiger partial charge in [-0.3, -0.25) is 4.90 Å². The average Bonchev–Trinajstić information content (AvgIpc) is 3.39. The number of aliphatic hydroxyl groups is 2. The molecule has 2 heterocycles. The van der Waals surface area contributed by atoms with E-state index in [4.69, 9.17) is 9.47 Å². The topological polar surface area (TPSA) is 103 Å². The van der Waals surface area contributed by atoms with Gasteiger partial charge in [0.05, 0.1) is 24.9 Å². The number of hydrogen-bond donors (Lipinski definition) is 4. The Bertz CT molecular complexity index is 1190. The van der Waals surface area contributed by atoms with Crippen molar-refractivity contribution >= 4 is 6.03 Å². The van der Waals surface area contributed by atoms with E-state index in [0.717, 1.165) is 47.3 Å². The normalized spacial score (nSPS) is 23.4. The zero-order valence-corrected chi connectivity index (χ0v) is 22.0. The number of aliphatic hydroxyl groups excluding tert-OH is 2. The number of likely N-dealkylation sites (tertiary alicyclic amines) is 1. The second kappa shape index (κ2) is 13.2. The van der Waals surface area contributed by atoms with Crippen LogP contribution in [0.25, 0.3) is 0 Å². The van der Waals surface area contributed by atoms with Crippen LogP contribution in [0, 0.1) is 0 Å². The van der Waals surface area contributed by atoms with Crippen molar-refractivity contribution in [2.75, 3.05) is 19.6 Å². The molecule has 2 amide bonds. The molecule has 4 N–H and O–H groups in total. The summed E-state index contributed by atoms with van der Waals surface area (Å²) in [6.45, 7) is 3.16. The van der Waals surface area contributed by atoms with Crippen molar-refractivity contribution in [3.8, 4) is 0 Å². The van der Waals surface area contributed by atoms with Gasteiger partial charge in [-0.25, -0.2) is 4.79 Å². The van der Waals surface area contributed by atoms with Crippen molar-refractivity contribution in [1.82, 2.24) is 15.5 Å². The summed E-state index contributed by atoms with van der Waals surface area (Å²) in [6.07, 6.45) is 0.494. The predicted octanol–water partition coefficient (Wildman–Crippen LogP) is 3.79. The van der Waals surface area contributed by atoms with E-state index in [1.165, 1.54) is 0 Å². The zero-order chi connectivity index (χ0) is 27.0. The SMILES string of the molecule is O=C(NCc1ccccc1)NCc1ccc([C@@H]2O[C@H](CN3CC[C@H](O)C3)C[C@H](c3ccc(CO)cc3)O2)cc1. The molecule has 0 saturated carbocycles. The summed E-state index contributed by atoms with van der Waals surface area (Å²) < 4.78 is 12.8. The molecule has 5 rings (SSSR count). The number of nitrogens with zero attached hydrogens (tertiary/aromatic N) is 1. The average molecular weight is 532 g/mol. The molecule has 3 aromatic rings. The van der Waals surface area contributed by atoms with Gasteiger partial charge in [-0.05, 0) is 28.7 Å². The number of hydrogen-bond acceptors (Lipinski definition) is 6. The van der Waals surface area contributed by atoms with E-state index < -0.39 is 6.29 Å². The molecule has 8 nitrogen and oxygen atoms in total. The maximum atomic E-state index is 12.2. The highest BCUT2D eigenvalue weighted by Gasteiger charge is 2.34. The van der Waals surface area contributed by atoms with Crippen LogP contribution in [0.4, 0.5) is 4.79 Å². The minimum Gasteiger partial charge on any atom is -0.392 e. The number of benzene rings is 3. The number of amides is 2. The Morgan fingerprint density at radius 1 is 0.846 bits per heavy atom. The Hall–Kier alpha value is -3.27. The van der Waals surface area contributed by atoms with E-state index in [-0.39, 0.29) is 30.9 Å². The summed E-state index contributed by atoms with van der Waals surface area (Å²) in [7, 11) is 0. The van der Waals surface area contributed by atoms with Crippen molar-refractivity contribution in [2.24, 2.45) is 0 Å². The van der Waals surface area contributed by atoms with E-state index in [9.17, 15) is 15.0 Å². The first kappa shape index (κ1) is 27.3. The van der Waals surface area contributed by atoms with Crippen LogP contribution in [0.5, 0.6) is 0 Å². The molecule has 2 aliphatic heterocycles. The molecule has 2 fully saturated rings. The minimum atomic E-state index is -0.532. The highest BCUT2D eigenvalue weighted by atomic mass is 16.7. The number of β-amino-alcohol motifs (C(OH)–C–C–N with tert-alkyl or cyclic N) is 1. The third-order valence-electron chi connectivity index (χ3n) is 7.33. The molecule has 2 aliphatic rings. The van der Waals surface area contributed by atoms with Crippen LogP contribution in [-0.2, 0) is 29.2 Å². The van der Waals surface area contributed by atoms with Gasteiger partial charge in [0.15, 0.2) is 6.29 Å². The monoisotopic (exact) mass is 531 g/mol. The summed E-state index contributed by atoms with van der Waals surface area (Å²) in [4.78, 5) is 14.5. The predicted molar refractivity (Wildman–Crippen MR) is 147 cm³/mol. The van der Waals surface area contributed by atoms with E-state index in [2.05, 4.69) is 15.5 Å². The molecular formula is C31H37N3O5. The Labute approximate surface area is 229 Å². The zero-order valence-electron chi connectivity index (χ0n) is 22.0.